The number of aliphatic hydroxyl groups is 1. The maximum Gasteiger partial charge on any atom is 0.459 e. The number of ether oxygens (including phenoxy) is 2. The minimum atomic E-state index is -4.79. The van der Waals surface area contributed by atoms with Crippen molar-refractivity contribution in [1.82, 2.24) is 14.6 Å². The number of aryl methyl sites for hydroxylation is 1. The highest BCUT2D eigenvalue weighted by Crippen LogP contribution is 2.46. The van der Waals surface area contributed by atoms with Crippen molar-refractivity contribution in [2.75, 3.05) is 6.56 Å². The number of nitrogens with one attached hydrogen (secondary N) is 2. The van der Waals surface area contributed by atoms with Crippen LogP contribution in [0.15, 0.2) is 46.1 Å². The number of benzene rings is 1. The van der Waals surface area contributed by atoms with E-state index in [2.05, 4.69) is 5.09 Å². The number of nitrogens with zero attached hydrogens (tertiary/aromatic N) is 1. The Balaban J connectivity index is 1.90. The zero-order valence-electron chi connectivity index (χ0n) is 21.9. The van der Waals surface area contributed by atoms with E-state index in [0.29, 0.717) is 4.57 Å². The number of aliphatic hydroxyl groups excluding tert-OH is 1. The number of alkyl halides is 1. The van der Waals surface area contributed by atoms with Crippen LogP contribution in [-0.2, 0) is 23.4 Å². The van der Waals surface area contributed by atoms with E-state index in [4.69, 9.17) is 21.3 Å². The van der Waals surface area contributed by atoms with Gasteiger partial charge in [0.25, 0.3) is 5.56 Å². The molecule has 2 unspecified atom stereocenters. The Kier molecular flexibility index (Phi) is 7.93. The fraction of sp³-hybridized carbons (Fsp3) is 0.500. The van der Waals surface area contributed by atoms with Crippen LogP contribution in [0.2, 0.25) is 0 Å². The van der Waals surface area contributed by atoms with Crippen molar-refractivity contribution in [3.63, 3.8) is 0 Å². The molecule has 3 N–H and O–H groups in total. The van der Waals surface area contributed by atoms with Gasteiger partial charge in [0.05, 0.1) is 15.4 Å². The fourth-order valence-electron chi connectivity index (χ4n) is 3.17. The van der Waals surface area contributed by atoms with Gasteiger partial charge in [-0.3, -0.25) is 23.7 Å². The number of hydrogen-bond donors (Lipinski definition) is 3. The number of rotatable bonds is 10. The Labute approximate surface area is 208 Å². The summed E-state index contributed by atoms with van der Waals surface area (Å²) in [6, 6.07) is 6.20. The monoisotopic (exact) mass is 531 g/mol. The fourth-order valence-corrected chi connectivity index (χ4v) is 4.53. The second-order valence-electron chi connectivity index (χ2n) is 8.31. The molecule has 1 aromatic heterocycles. The minimum Gasteiger partial charge on any atom is -0.462 e. The van der Waals surface area contributed by atoms with Crippen LogP contribution in [0.1, 0.15) is 35.3 Å². The van der Waals surface area contributed by atoms with Crippen LogP contribution < -0.4 is 20.9 Å². The van der Waals surface area contributed by atoms with Gasteiger partial charge < -0.3 is 19.1 Å². The third-order valence-corrected chi connectivity index (χ3v) is 6.43. The van der Waals surface area contributed by atoms with Crippen LogP contribution in [0.3, 0.4) is 0 Å². The van der Waals surface area contributed by atoms with Gasteiger partial charge in [-0.25, -0.2) is 13.8 Å². The zero-order valence-corrected chi connectivity index (χ0v) is 20.8. The summed E-state index contributed by atoms with van der Waals surface area (Å²) >= 11 is 0. The number of halogens is 1. The molecule has 36 heavy (non-hydrogen) atoms. The van der Waals surface area contributed by atoms with Crippen molar-refractivity contribution >= 4 is 13.7 Å². The topological polar surface area (TPSA) is 158 Å². The molecule has 1 aliphatic rings. The summed E-state index contributed by atoms with van der Waals surface area (Å²) in [5.74, 6) is -0.858. The Bertz CT molecular complexity index is 1310. The molecule has 0 spiro atoms. The average Bonchev–Trinajstić information content (AvgIpc) is 3.11. The van der Waals surface area contributed by atoms with Gasteiger partial charge in [-0.1, -0.05) is 18.2 Å². The number of aromatic amines is 1. The van der Waals surface area contributed by atoms with Crippen molar-refractivity contribution < 1.29 is 40.1 Å². The molecule has 6 atom stereocenters. The van der Waals surface area contributed by atoms with E-state index in [9.17, 15) is 24.1 Å². The molecular formula is C22H29FN3O9P. The first-order valence-corrected chi connectivity index (χ1v) is 12.5. The van der Waals surface area contributed by atoms with E-state index >= 15 is 4.39 Å². The Morgan fingerprint density at radius 3 is 2.64 bits per heavy atom. The van der Waals surface area contributed by atoms with Gasteiger partial charge in [0.1, 0.15) is 24.0 Å². The SMILES string of the molecule is [2H]C([2H])(OP(=O)(N[C@@H](C)C(=O)OC(C)C)Oc1ccccc1)[C@@H]1O[C@H](n2cc(C)c(=O)[nH]c2=O)[C@H](F)C1O. The third kappa shape index (κ3) is 6.68. The molecule has 0 aliphatic carbocycles. The second-order valence-corrected chi connectivity index (χ2v) is 9.93. The molecule has 0 amide bonds. The number of para-hydroxylation sites is 1. The maximum absolute atomic E-state index is 15.1. The van der Waals surface area contributed by atoms with Gasteiger partial charge in [0.2, 0.25) is 0 Å². The average molecular weight is 531 g/mol. The lowest BCUT2D eigenvalue weighted by Gasteiger charge is -2.25. The van der Waals surface area contributed by atoms with Crippen molar-refractivity contribution in [3.8, 4) is 5.75 Å². The first-order valence-electron chi connectivity index (χ1n) is 12.0. The molecule has 14 heteroatoms. The van der Waals surface area contributed by atoms with Gasteiger partial charge in [0.15, 0.2) is 12.4 Å². The second kappa shape index (κ2) is 11.5. The van der Waals surface area contributed by atoms with Crippen molar-refractivity contribution in [3.05, 3.63) is 62.9 Å². The highest BCUT2D eigenvalue weighted by atomic mass is 31.2. The van der Waals surface area contributed by atoms with Crippen LogP contribution in [0.5, 0.6) is 5.75 Å². The molecule has 12 nitrogen and oxygen atoms in total. The van der Waals surface area contributed by atoms with Gasteiger partial charge in [-0.15, -0.1) is 0 Å². The Morgan fingerprint density at radius 1 is 1.33 bits per heavy atom. The molecule has 2 aromatic rings. The predicted molar refractivity (Wildman–Crippen MR) is 125 cm³/mol. The maximum atomic E-state index is 15.1. The molecule has 0 bridgehead atoms. The molecule has 3 rings (SSSR count). The lowest BCUT2D eigenvalue weighted by Crippen LogP contribution is -2.37. The van der Waals surface area contributed by atoms with Gasteiger partial charge in [-0.2, -0.15) is 5.09 Å². The first kappa shape index (κ1) is 24.8. The standard InChI is InChI=1S/C22H29FN3O9P/c1-12(2)33-21(29)14(4)25-36(31,35-15-8-6-5-7-9-15)32-11-16-18(27)17(23)20(34-16)26-10-13(3)19(28)24-22(26)30/h5-10,12,14,16-18,20,27H,11H2,1-4H3,(H,25,31)(H,24,28,30)/t14-,16-,17+,18?,20-,36?/m0/s1/i11D2. The minimum absolute atomic E-state index is 0.0204. The highest BCUT2D eigenvalue weighted by Gasteiger charge is 2.47. The predicted octanol–water partition coefficient (Wildman–Crippen LogP) is 1.57. The van der Waals surface area contributed by atoms with E-state index in [1.165, 1.54) is 38.1 Å². The lowest BCUT2D eigenvalue weighted by molar-refractivity contribution is -0.149. The highest BCUT2D eigenvalue weighted by molar-refractivity contribution is 7.52. The largest absolute Gasteiger partial charge is 0.462 e. The summed E-state index contributed by atoms with van der Waals surface area (Å²) in [7, 11) is -4.79. The molecule has 0 radical (unpaired) electrons. The molecule has 1 aliphatic heterocycles. The summed E-state index contributed by atoms with van der Waals surface area (Å²) in [6.07, 6.45) is -8.01. The summed E-state index contributed by atoms with van der Waals surface area (Å²) in [5, 5.41) is 12.8. The Morgan fingerprint density at radius 2 is 2.00 bits per heavy atom. The van der Waals surface area contributed by atoms with E-state index in [1.807, 2.05) is 4.98 Å². The molecule has 0 saturated carbocycles. The van der Waals surface area contributed by atoms with Crippen LogP contribution in [-0.4, -0.2) is 57.7 Å². The molecule has 198 valence electrons. The van der Waals surface area contributed by atoms with Crippen LogP contribution in [0, 0.1) is 6.92 Å². The smallest absolute Gasteiger partial charge is 0.459 e. The van der Waals surface area contributed by atoms with E-state index in [-0.39, 0.29) is 11.3 Å². The van der Waals surface area contributed by atoms with Gasteiger partial charge >= 0.3 is 19.4 Å². The summed E-state index contributed by atoms with van der Waals surface area (Å²) < 4.78 is 67.1. The van der Waals surface area contributed by atoms with Crippen molar-refractivity contribution in [2.24, 2.45) is 0 Å². The van der Waals surface area contributed by atoms with Gasteiger partial charge in [0, 0.05) is 11.8 Å². The van der Waals surface area contributed by atoms with Crippen molar-refractivity contribution in [2.45, 2.75) is 64.4 Å². The van der Waals surface area contributed by atoms with Gasteiger partial charge in [-0.05, 0) is 39.8 Å². The summed E-state index contributed by atoms with van der Waals surface area (Å²) in [6.45, 7) is 2.62. The van der Waals surface area contributed by atoms with E-state index in [1.54, 1.807) is 19.9 Å². The van der Waals surface area contributed by atoms with Crippen LogP contribution in [0.4, 0.5) is 4.39 Å². The molecule has 2 heterocycles. The van der Waals surface area contributed by atoms with Crippen molar-refractivity contribution in [1.29, 1.82) is 0 Å². The number of esters is 1. The number of hydrogen-bond acceptors (Lipinski definition) is 9. The quantitative estimate of drug-likeness (QED) is 0.304. The molecule has 1 fully saturated rings. The number of carbonyl (C=O) groups excluding carboxylic acids is 1. The number of carbonyl (C=O) groups is 1. The first-order chi connectivity index (χ1) is 17.6. The van der Waals surface area contributed by atoms with E-state index in [0.717, 1.165) is 6.20 Å². The summed E-state index contributed by atoms with van der Waals surface area (Å²) in [5.41, 5.74) is -1.74. The number of aromatic nitrogens is 2. The molecule has 1 saturated heterocycles. The third-order valence-electron chi connectivity index (χ3n) is 4.93. The van der Waals surface area contributed by atoms with Crippen LogP contribution >= 0.6 is 7.75 Å². The molecule has 1 aromatic carbocycles. The number of H-pyrrole nitrogens is 1. The lowest BCUT2D eigenvalue weighted by atomic mass is 10.1. The summed E-state index contributed by atoms with van der Waals surface area (Å²) in [4.78, 5) is 38.1. The zero-order chi connectivity index (χ0) is 28.4. The Hall–Kier alpha value is -2.83. The molecular weight excluding hydrogens is 500 g/mol. The van der Waals surface area contributed by atoms with Crippen LogP contribution in [0.25, 0.3) is 0 Å². The normalized spacial score (nSPS) is 25.5. The van der Waals surface area contributed by atoms with E-state index < -0.39 is 68.3 Å².